The summed E-state index contributed by atoms with van der Waals surface area (Å²) in [6, 6.07) is 12.4. The molecule has 2 aromatic carbocycles. The molecule has 0 bridgehead atoms. The Hall–Kier alpha value is -2.48. The van der Waals surface area contributed by atoms with E-state index in [2.05, 4.69) is 9.30 Å². The molecule has 0 saturated carbocycles. The average Bonchev–Trinajstić information content (AvgIpc) is 3.25. The van der Waals surface area contributed by atoms with Crippen molar-refractivity contribution in [2.45, 2.75) is 13.5 Å². The predicted molar refractivity (Wildman–Crippen MR) is 119 cm³/mol. The van der Waals surface area contributed by atoms with Crippen LogP contribution in [0.3, 0.4) is 0 Å². The van der Waals surface area contributed by atoms with Gasteiger partial charge in [0.25, 0.3) is 0 Å². The first-order valence-electron chi connectivity index (χ1n) is 9.83. The van der Waals surface area contributed by atoms with Crippen LogP contribution in [0.5, 0.6) is 0 Å². The van der Waals surface area contributed by atoms with Crippen LogP contribution in [0.4, 0.5) is 4.39 Å². The van der Waals surface area contributed by atoms with Gasteiger partial charge in [0.05, 0.1) is 21.6 Å². The molecule has 1 saturated heterocycles. The van der Waals surface area contributed by atoms with Crippen LogP contribution in [0.25, 0.3) is 26.4 Å². The third-order valence-corrected chi connectivity index (χ3v) is 6.85. The zero-order valence-electron chi connectivity index (χ0n) is 16.4. The number of fused-ring (bicyclic) bond motifs is 3. The van der Waals surface area contributed by atoms with E-state index < -0.39 is 0 Å². The molecule has 30 heavy (non-hydrogen) atoms. The Kier molecular flexibility index (Phi) is 4.97. The third kappa shape index (κ3) is 3.47. The minimum absolute atomic E-state index is 0.120. The molecule has 1 fully saturated rings. The summed E-state index contributed by atoms with van der Waals surface area (Å²) in [6.07, 6.45) is 0. The Morgan fingerprint density at radius 1 is 1.13 bits per heavy atom. The van der Waals surface area contributed by atoms with Crippen molar-refractivity contribution in [3.05, 3.63) is 59.0 Å². The molecule has 0 atom stereocenters. The highest BCUT2D eigenvalue weighted by molar-refractivity contribution is 7.23. The summed E-state index contributed by atoms with van der Waals surface area (Å²) in [5.74, 6) is -0.143. The molecule has 1 aliphatic rings. The van der Waals surface area contributed by atoms with E-state index >= 15 is 0 Å². The predicted octanol–water partition coefficient (Wildman–Crippen LogP) is 4.67. The number of carbonyl (C=O) groups excluding carboxylic acids is 1. The largest absolute Gasteiger partial charge is 0.340 e. The lowest BCUT2D eigenvalue weighted by Gasteiger charge is -2.34. The molecule has 8 heteroatoms. The summed E-state index contributed by atoms with van der Waals surface area (Å²) >= 11 is 7.79. The van der Waals surface area contributed by atoms with Gasteiger partial charge in [-0.3, -0.25) is 14.1 Å². The number of hydrogen-bond acceptors (Lipinski definition) is 4. The molecule has 5 rings (SSSR count). The van der Waals surface area contributed by atoms with Crippen molar-refractivity contribution in [3.63, 3.8) is 0 Å². The van der Waals surface area contributed by atoms with E-state index in [4.69, 9.17) is 16.6 Å². The molecule has 1 aliphatic heterocycles. The number of benzene rings is 2. The lowest BCUT2D eigenvalue weighted by Crippen LogP contribution is -2.47. The number of hydrogen-bond donors (Lipinski definition) is 0. The van der Waals surface area contributed by atoms with Gasteiger partial charge in [-0.25, -0.2) is 9.37 Å². The zero-order valence-corrected chi connectivity index (χ0v) is 18.0. The maximum absolute atomic E-state index is 13.5. The highest BCUT2D eigenvalue weighted by atomic mass is 35.5. The maximum Gasteiger partial charge on any atom is 0.219 e. The molecule has 0 radical (unpaired) electrons. The van der Waals surface area contributed by atoms with E-state index in [1.807, 2.05) is 23.1 Å². The Labute approximate surface area is 182 Å². The molecule has 154 valence electrons. The second-order valence-electron chi connectivity index (χ2n) is 7.53. The van der Waals surface area contributed by atoms with Crippen LogP contribution in [0, 0.1) is 5.82 Å². The Morgan fingerprint density at radius 3 is 2.57 bits per heavy atom. The molecule has 0 aliphatic carbocycles. The molecule has 4 aromatic rings. The molecule has 0 unspecified atom stereocenters. The van der Waals surface area contributed by atoms with Gasteiger partial charge in [0, 0.05) is 50.2 Å². The smallest absolute Gasteiger partial charge is 0.219 e. The minimum atomic E-state index is -0.262. The van der Waals surface area contributed by atoms with Crippen molar-refractivity contribution >= 4 is 44.0 Å². The van der Waals surface area contributed by atoms with E-state index in [1.54, 1.807) is 30.4 Å². The second kappa shape index (κ2) is 7.65. The molecule has 5 nitrogen and oxygen atoms in total. The van der Waals surface area contributed by atoms with Gasteiger partial charge in [-0.05, 0) is 42.5 Å². The number of amides is 1. The molecular formula is C22H20ClFN4OS. The minimum Gasteiger partial charge on any atom is -0.340 e. The van der Waals surface area contributed by atoms with E-state index in [1.165, 1.54) is 12.1 Å². The van der Waals surface area contributed by atoms with Gasteiger partial charge in [-0.2, -0.15) is 0 Å². The van der Waals surface area contributed by atoms with Crippen molar-refractivity contribution in [2.24, 2.45) is 0 Å². The molecule has 3 heterocycles. The fourth-order valence-corrected chi connectivity index (χ4v) is 5.34. The second-order valence-corrected chi connectivity index (χ2v) is 8.97. The van der Waals surface area contributed by atoms with Crippen molar-refractivity contribution in [3.8, 4) is 11.3 Å². The fraction of sp³-hybridized carbons (Fsp3) is 0.273. The van der Waals surface area contributed by atoms with Crippen LogP contribution >= 0.6 is 22.9 Å². The molecule has 0 spiro atoms. The Balaban J connectivity index is 1.59. The van der Waals surface area contributed by atoms with Crippen LogP contribution in [0.2, 0.25) is 5.02 Å². The summed E-state index contributed by atoms with van der Waals surface area (Å²) in [5.41, 5.74) is 3.90. The van der Waals surface area contributed by atoms with E-state index in [9.17, 15) is 9.18 Å². The number of aromatic nitrogens is 2. The lowest BCUT2D eigenvalue weighted by atomic mass is 10.1. The van der Waals surface area contributed by atoms with E-state index in [0.29, 0.717) is 11.6 Å². The SMILES string of the molecule is CC(=O)N1CCN(Cc2c(-c3ccc(F)cc3)nc3sc4cc(Cl)ccc4n23)CC1. The zero-order chi connectivity index (χ0) is 20.8. The highest BCUT2D eigenvalue weighted by Crippen LogP contribution is 2.35. The Morgan fingerprint density at radius 2 is 1.87 bits per heavy atom. The summed E-state index contributed by atoms with van der Waals surface area (Å²) in [5, 5.41) is 0.702. The van der Waals surface area contributed by atoms with Crippen LogP contribution < -0.4 is 0 Å². The van der Waals surface area contributed by atoms with Crippen molar-refractivity contribution in [1.82, 2.24) is 19.2 Å². The van der Waals surface area contributed by atoms with Gasteiger partial charge in [0.15, 0.2) is 4.96 Å². The number of imidazole rings is 1. The van der Waals surface area contributed by atoms with E-state index in [0.717, 1.165) is 58.3 Å². The van der Waals surface area contributed by atoms with Crippen molar-refractivity contribution in [1.29, 1.82) is 0 Å². The van der Waals surface area contributed by atoms with Crippen molar-refractivity contribution in [2.75, 3.05) is 26.2 Å². The summed E-state index contributed by atoms with van der Waals surface area (Å²) in [7, 11) is 0. The first kappa shape index (κ1) is 19.5. The van der Waals surface area contributed by atoms with Gasteiger partial charge in [0.2, 0.25) is 5.91 Å². The first-order valence-corrected chi connectivity index (χ1v) is 11.0. The maximum atomic E-state index is 13.5. The quantitative estimate of drug-likeness (QED) is 0.463. The van der Waals surface area contributed by atoms with Crippen LogP contribution in [-0.2, 0) is 11.3 Å². The summed E-state index contributed by atoms with van der Waals surface area (Å²) < 4.78 is 16.8. The molecule has 0 N–H and O–H groups in total. The summed E-state index contributed by atoms with van der Waals surface area (Å²) in [4.78, 5) is 21.7. The lowest BCUT2D eigenvalue weighted by molar-refractivity contribution is -0.130. The third-order valence-electron chi connectivity index (χ3n) is 5.61. The molecule has 2 aromatic heterocycles. The normalized spacial score (nSPS) is 15.4. The average molecular weight is 443 g/mol. The Bertz CT molecular complexity index is 1240. The number of carbonyl (C=O) groups is 1. The summed E-state index contributed by atoms with van der Waals surface area (Å²) in [6.45, 7) is 5.39. The van der Waals surface area contributed by atoms with Gasteiger partial charge < -0.3 is 4.90 Å². The van der Waals surface area contributed by atoms with Gasteiger partial charge in [0.1, 0.15) is 5.82 Å². The number of thiazole rings is 1. The van der Waals surface area contributed by atoms with Crippen molar-refractivity contribution < 1.29 is 9.18 Å². The number of nitrogens with zero attached hydrogens (tertiary/aromatic N) is 4. The number of rotatable bonds is 3. The van der Waals surface area contributed by atoms with Gasteiger partial charge in [-0.15, -0.1) is 0 Å². The van der Waals surface area contributed by atoms with Crippen LogP contribution in [0.15, 0.2) is 42.5 Å². The monoisotopic (exact) mass is 442 g/mol. The topological polar surface area (TPSA) is 40.9 Å². The highest BCUT2D eigenvalue weighted by Gasteiger charge is 2.24. The number of halogens is 2. The van der Waals surface area contributed by atoms with Crippen LogP contribution in [-0.4, -0.2) is 51.3 Å². The first-order chi connectivity index (χ1) is 14.5. The van der Waals surface area contributed by atoms with Gasteiger partial charge >= 0.3 is 0 Å². The standard InChI is InChI=1S/C22H20ClFN4OS/c1-14(29)27-10-8-26(9-11-27)13-19-21(15-2-5-17(24)6-3-15)25-22-28(19)18-7-4-16(23)12-20(18)30-22/h2-7,12H,8-11,13H2,1H3. The number of piperazine rings is 1. The van der Waals surface area contributed by atoms with Gasteiger partial charge in [-0.1, -0.05) is 22.9 Å². The molecular weight excluding hydrogens is 423 g/mol. The molecule has 1 amide bonds. The van der Waals surface area contributed by atoms with E-state index in [-0.39, 0.29) is 11.7 Å². The fourth-order valence-electron chi connectivity index (χ4n) is 4.02. The van der Waals surface area contributed by atoms with Crippen LogP contribution in [0.1, 0.15) is 12.6 Å².